The van der Waals surface area contributed by atoms with Crippen LogP contribution in [0.5, 0.6) is 0 Å². The molecule has 7 nitrogen and oxygen atoms in total. The summed E-state index contributed by atoms with van der Waals surface area (Å²) in [7, 11) is 1.37. The van der Waals surface area contributed by atoms with E-state index in [1.165, 1.54) is 7.05 Å². The fourth-order valence-electron chi connectivity index (χ4n) is 1.29. The third-order valence-electron chi connectivity index (χ3n) is 2.24. The number of likely N-dealkylation sites (N-methyl/N-ethyl adjacent to an activating group) is 1. The Labute approximate surface area is 102 Å². The second-order valence-corrected chi connectivity index (χ2v) is 3.42. The third kappa shape index (κ3) is 3.14. The number of nitro groups is 1. The summed E-state index contributed by atoms with van der Waals surface area (Å²) >= 11 is 0. The van der Waals surface area contributed by atoms with Crippen LogP contribution in [-0.4, -0.2) is 35.6 Å². The van der Waals surface area contributed by atoms with E-state index in [4.69, 9.17) is 5.11 Å². The van der Waals surface area contributed by atoms with Gasteiger partial charge in [0.05, 0.1) is 23.3 Å². The van der Waals surface area contributed by atoms with Crippen LogP contribution >= 0.6 is 0 Å². The van der Waals surface area contributed by atoms with E-state index in [1.54, 1.807) is 0 Å². The summed E-state index contributed by atoms with van der Waals surface area (Å²) in [6.07, 6.45) is 0. The highest BCUT2D eigenvalue weighted by molar-refractivity contribution is 5.84. The van der Waals surface area contributed by atoms with Crippen molar-refractivity contribution in [3.05, 3.63) is 34.1 Å². The molecule has 0 radical (unpaired) electrons. The molecule has 0 aliphatic heterocycles. The van der Waals surface area contributed by atoms with Gasteiger partial charge in [0, 0.05) is 13.1 Å². The standard InChI is InChI=1S/C10H12FN3O4/c1-12-10(16)9(5-15)13-8-3-2-6(14(17)18)4-7(8)11/h2-4,9,13,15H,5H2,1H3,(H,12,16). The van der Waals surface area contributed by atoms with Crippen LogP contribution < -0.4 is 10.6 Å². The van der Waals surface area contributed by atoms with Crippen molar-refractivity contribution in [1.29, 1.82) is 0 Å². The Balaban J connectivity index is 2.90. The average Bonchev–Trinajstić information content (AvgIpc) is 2.36. The van der Waals surface area contributed by atoms with Gasteiger partial charge in [-0.25, -0.2) is 4.39 Å². The lowest BCUT2D eigenvalue weighted by atomic mass is 10.2. The molecular formula is C10H12FN3O4. The largest absolute Gasteiger partial charge is 0.394 e. The van der Waals surface area contributed by atoms with Crippen molar-refractivity contribution in [2.45, 2.75) is 6.04 Å². The Kier molecular flexibility index (Phi) is 4.55. The highest BCUT2D eigenvalue weighted by Gasteiger charge is 2.18. The molecule has 0 spiro atoms. The van der Waals surface area contributed by atoms with E-state index in [1.807, 2.05) is 0 Å². The van der Waals surface area contributed by atoms with Gasteiger partial charge < -0.3 is 15.7 Å². The number of aliphatic hydroxyl groups is 1. The normalized spacial score (nSPS) is 11.7. The fourth-order valence-corrected chi connectivity index (χ4v) is 1.29. The van der Waals surface area contributed by atoms with E-state index in [0.717, 1.165) is 18.2 Å². The van der Waals surface area contributed by atoms with E-state index < -0.39 is 35.0 Å². The second kappa shape index (κ2) is 5.92. The van der Waals surface area contributed by atoms with E-state index >= 15 is 0 Å². The molecule has 0 saturated heterocycles. The summed E-state index contributed by atoms with van der Waals surface area (Å²) < 4.78 is 13.5. The first-order valence-corrected chi connectivity index (χ1v) is 5.02. The van der Waals surface area contributed by atoms with Gasteiger partial charge in [-0.05, 0) is 6.07 Å². The number of carbonyl (C=O) groups excluding carboxylic acids is 1. The van der Waals surface area contributed by atoms with Crippen molar-refractivity contribution in [1.82, 2.24) is 5.32 Å². The van der Waals surface area contributed by atoms with Crippen molar-refractivity contribution in [3.8, 4) is 0 Å². The minimum absolute atomic E-state index is 0.0942. The van der Waals surface area contributed by atoms with Gasteiger partial charge in [0.25, 0.3) is 5.69 Å². The topological polar surface area (TPSA) is 104 Å². The Bertz CT molecular complexity index is 466. The average molecular weight is 257 g/mol. The maximum Gasteiger partial charge on any atom is 0.272 e. The maximum atomic E-state index is 13.5. The number of nitrogens with one attached hydrogen (secondary N) is 2. The molecule has 0 saturated carbocycles. The molecule has 18 heavy (non-hydrogen) atoms. The summed E-state index contributed by atoms with van der Waals surface area (Å²) in [5.41, 5.74) is -0.484. The number of aliphatic hydroxyl groups excluding tert-OH is 1. The summed E-state index contributed by atoms with van der Waals surface area (Å²) in [6, 6.07) is 1.95. The second-order valence-electron chi connectivity index (χ2n) is 3.42. The Hall–Kier alpha value is -2.22. The van der Waals surface area contributed by atoms with Gasteiger partial charge in [-0.3, -0.25) is 14.9 Å². The van der Waals surface area contributed by atoms with E-state index in [0.29, 0.717) is 0 Å². The van der Waals surface area contributed by atoms with Crippen molar-refractivity contribution in [2.75, 3.05) is 19.0 Å². The predicted octanol–water partition coefficient (Wildman–Crippen LogP) is 0.253. The number of nitrogens with zero attached hydrogens (tertiary/aromatic N) is 1. The van der Waals surface area contributed by atoms with Crippen LogP contribution in [0.4, 0.5) is 15.8 Å². The minimum Gasteiger partial charge on any atom is -0.394 e. The molecular weight excluding hydrogens is 245 g/mol. The lowest BCUT2D eigenvalue weighted by Crippen LogP contribution is -2.40. The molecule has 1 rings (SSSR count). The molecule has 1 atom stereocenters. The highest BCUT2D eigenvalue weighted by atomic mass is 19.1. The molecule has 1 aromatic carbocycles. The number of non-ortho nitro benzene ring substituents is 1. The number of nitro benzene ring substituents is 1. The summed E-state index contributed by atoms with van der Waals surface area (Å²) in [4.78, 5) is 21.0. The van der Waals surface area contributed by atoms with Crippen LogP contribution in [0.2, 0.25) is 0 Å². The van der Waals surface area contributed by atoms with E-state index in [2.05, 4.69) is 10.6 Å². The van der Waals surface area contributed by atoms with Crippen molar-refractivity contribution < 1.29 is 19.2 Å². The Morgan fingerprint density at radius 2 is 2.28 bits per heavy atom. The lowest BCUT2D eigenvalue weighted by molar-refractivity contribution is -0.385. The number of hydrogen-bond acceptors (Lipinski definition) is 5. The quantitative estimate of drug-likeness (QED) is 0.518. The summed E-state index contributed by atoms with van der Waals surface area (Å²) in [5.74, 6) is -1.39. The van der Waals surface area contributed by atoms with Crippen LogP contribution in [0.1, 0.15) is 0 Å². The number of carbonyl (C=O) groups is 1. The first-order chi connectivity index (χ1) is 8.49. The first-order valence-electron chi connectivity index (χ1n) is 5.02. The van der Waals surface area contributed by atoms with E-state index in [9.17, 15) is 19.3 Å². The SMILES string of the molecule is CNC(=O)C(CO)Nc1ccc([N+](=O)[O-])cc1F. The molecule has 1 aromatic rings. The van der Waals surface area contributed by atoms with E-state index in [-0.39, 0.29) is 5.69 Å². The zero-order chi connectivity index (χ0) is 13.7. The molecule has 1 amide bonds. The van der Waals surface area contributed by atoms with Crippen LogP contribution in [-0.2, 0) is 4.79 Å². The number of benzene rings is 1. The number of rotatable bonds is 5. The van der Waals surface area contributed by atoms with Gasteiger partial charge in [-0.15, -0.1) is 0 Å². The molecule has 0 fully saturated rings. The van der Waals surface area contributed by atoms with Crippen LogP contribution in [0.25, 0.3) is 0 Å². The Morgan fingerprint density at radius 3 is 2.72 bits per heavy atom. The van der Waals surface area contributed by atoms with Crippen LogP contribution in [0.15, 0.2) is 18.2 Å². The molecule has 98 valence electrons. The smallest absolute Gasteiger partial charge is 0.272 e. The molecule has 0 heterocycles. The highest BCUT2D eigenvalue weighted by Crippen LogP contribution is 2.21. The molecule has 0 aliphatic rings. The molecule has 0 aromatic heterocycles. The third-order valence-corrected chi connectivity index (χ3v) is 2.24. The van der Waals surface area contributed by atoms with Gasteiger partial charge in [-0.1, -0.05) is 0 Å². The molecule has 0 aliphatic carbocycles. The summed E-state index contributed by atoms with van der Waals surface area (Å²) in [5, 5.41) is 24.1. The maximum absolute atomic E-state index is 13.5. The summed E-state index contributed by atoms with van der Waals surface area (Å²) in [6.45, 7) is -0.532. The van der Waals surface area contributed by atoms with Gasteiger partial charge in [0.1, 0.15) is 6.04 Å². The number of halogens is 1. The zero-order valence-electron chi connectivity index (χ0n) is 9.51. The van der Waals surface area contributed by atoms with Crippen LogP contribution in [0.3, 0.4) is 0 Å². The molecule has 1 unspecified atom stereocenters. The van der Waals surface area contributed by atoms with Crippen molar-refractivity contribution in [2.24, 2.45) is 0 Å². The lowest BCUT2D eigenvalue weighted by Gasteiger charge is -2.16. The van der Waals surface area contributed by atoms with Crippen molar-refractivity contribution >= 4 is 17.3 Å². The monoisotopic (exact) mass is 257 g/mol. The number of amides is 1. The van der Waals surface area contributed by atoms with Crippen molar-refractivity contribution in [3.63, 3.8) is 0 Å². The van der Waals surface area contributed by atoms with Gasteiger partial charge in [0.2, 0.25) is 5.91 Å². The fraction of sp³-hybridized carbons (Fsp3) is 0.300. The molecule has 0 bridgehead atoms. The first kappa shape index (κ1) is 13.8. The zero-order valence-corrected chi connectivity index (χ0v) is 9.51. The molecule has 3 N–H and O–H groups in total. The number of hydrogen-bond donors (Lipinski definition) is 3. The van der Waals surface area contributed by atoms with Crippen LogP contribution in [0, 0.1) is 15.9 Å². The molecule has 8 heteroatoms. The van der Waals surface area contributed by atoms with Gasteiger partial charge >= 0.3 is 0 Å². The van der Waals surface area contributed by atoms with Gasteiger partial charge in [0.15, 0.2) is 5.82 Å². The minimum atomic E-state index is -1.02. The Morgan fingerprint density at radius 1 is 1.61 bits per heavy atom. The predicted molar refractivity (Wildman–Crippen MR) is 61.6 cm³/mol. The number of anilines is 1. The van der Waals surface area contributed by atoms with Gasteiger partial charge in [-0.2, -0.15) is 0 Å².